The molecule has 1 unspecified atom stereocenters. The largest absolute Gasteiger partial charge is 0.507 e. The first-order valence-corrected chi connectivity index (χ1v) is 13.2. The van der Waals surface area contributed by atoms with Gasteiger partial charge in [-0.3, -0.25) is 14.5 Å². The zero-order chi connectivity index (χ0) is 23.7. The fourth-order valence-corrected chi connectivity index (χ4v) is 6.35. The first-order chi connectivity index (χ1) is 16.5. The summed E-state index contributed by atoms with van der Waals surface area (Å²) in [6.07, 6.45) is 0. The number of hydrogen-bond donors (Lipinski definition) is 1. The van der Waals surface area contributed by atoms with Crippen molar-refractivity contribution in [2.75, 3.05) is 4.90 Å². The predicted octanol–water partition coefficient (Wildman–Crippen LogP) is 6.17. The number of halogens is 1. The molecule has 1 aliphatic rings. The molecule has 1 atom stereocenters. The van der Waals surface area contributed by atoms with E-state index in [4.69, 9.17) is 11.6 Å². The van der Waals surface area contributed by atoms with Crippen molar-refractivity contribution in [1.29, 1.82) is 0 Å². The molecule has 1 amide bonds. The van der Waals surface area contributed by atoms with Crippen LogP contribution >= 0.6 is 46.0 Å². The van der Waals surface area contributed by atoms with Crippen molar-refractivity contribution < 1.29 is 14.7 Å². The van der Waals surface area contributed by atoms with E-state index in [9.17, 15) is 14.7 Å². The molecule has 34 heavy (non-hydrogen) atoms. The van der Waals surface area contributed by atoms with E-state index in [0.717, 1.165) is 10.4 Å². The lowest BCUT2D eigenvalue weighted by Crippen LogP contribution is -2.29. The molecule has 0 spiro atoms. The summed E-state index contributed by atoms with van der Waals surface area (Å²) in [6, 6.07) is 19.2. The van der Waals surface area contributed by atoms with Gasteiger partial charge in [-0.1, -0.05) is 83.2 Å². The van der Waals surface area contributed by atoms with Crippen molar-refractivity contribution in [3.8, 4) is 0 Å². The van der Waals surface area contributed by atoms with Crippen LogP contribution in [0.5, 0.6) is 0 Å². The van der Waals surface area contributed by atoms with Crippen molar-refractivity contribution in [2.24, 2.45) is 0 Å². The normalized spacial score (nSPS) is 17.4. The molecular formula is C24H16ClN3O3S3. The van der Waals surface area contributed by atoms with Gasteiger partial charge in [0.05, 0.1) is 5.57 Å². The third kappa shape index (κ3) is 4.39. The predicted molar refractivity (Wildman–Crippen MR) is 136 cm³/mol. The molecule has 1 saturated heterocycles. The molecule has 5 rings (SSSR count). The Kier molecular flexibility index (Phi) is 6.51. The summed E-state index contributed by atoms with van der Waals surface area (Å²) in [4.78, 5) is 28.3. The summed E-state index contributed by atoms with van der Waals surface area (Å²) in [5.41, 5.74) is 1.59. The number of Topliss-reactive ketones (excluding diaryl/α,β-unsaturated/α-hetero) is 1. The number of amides is 1. The van der Waals surface area contributed by atoms with Gasteiger partial charge in [0, 0.05) is 21.2 Å². The van der Waals surface area contributed by atoms with Gasteiger partial charge in [-0.15, -0.1) is 21.5 Å². The second-order valence-corrected chi connectivity index (χ2v) is 10.9. The van der Waals surface area contributed by atoms with Crippen LogP contribution in [0.3, 0.4) is 0 Å². The SMILES string of the molecule is O=C1C(=O)N(c2nnc(SCc3ccc(Cl)cc3)s2)C(c2cccs2)/C1=C(/O)c1ccccc1. The first-order valence-electron chi connectivity index (χ1n) is 10.1. The number of thiophene rings is 1. The van der Waals surface area contributed by atoms with Crippen molar-refractivity contribution >= 4 is 68.6 Å². The maximum absolute atomic E-state index is 13.1. The number of ketones is 1. The third-order valence-corrected chi connectivity index (χ3v) is 8.49. The second-order valence-electron chi connectivity index (χ2n) is 7.32. The molecule has 0 aliphatic carbocycles. The van der Waals surface area contributed by atoms with Gasteiger partial charge in [-0.25, -0.2) is 0 Å². The van der Waals surface area contributed by atoms with Gasteiger partial charge in [0.2, 0.25) is 5.13 Å². The molecule has 6 nitrogen and oxygen atoms in total. The number of benzene rings is 2. The van der Waals surface area contributed by atoms with Crippen LogP contribution < -0.4 is 4.90 Å². The molecule has 0 saturated carbocycles. The molecule has 1 fully saturated rings. The van der Waals surface area contributed by atoms with E-state index in [0.29, 0.717) is 25.8 Å². The number of rotatable bonds is 6. The molecule has 2 aromatic heterocycles. The highest BCUT2D eigenvalue weighted by Gasteiger charge is 2.48. The van der Waals surface area contributed by atoms with Crippen LogP contribution in [-0.4, -0.2) is 27.0 Å². The summed E-state index contributed by atoms with van der Waals surface area (Å²) in [5.74, 6) is -1.03. The van der Waals surface area contributed by atoms with Crippen LogP contribution in [0.25, 0.3) is 5.76 Å². The van der Waals surface area contributed by atoms with Gasteiger partial charge >= 0.3 is 5.91 Å². The van der Waals surface area contributed by atoms with Crippen LogP contribution in [0.1, 0.15) is 22.0 Å². The van der Waals surface area contributed by atoms with Gasteiger partial charge in [-0.2, -0.15) is 0 Å². The number of carbonyl (C=O) groups is 2. The Morgan fingerprint density at radius 3 is 2.50 bits per heavy atom. The van der Waals surface area contributed by atoms with Gasteiger partial charge in [0.1, 0.15) is 11.8 Å². The van der Waals surface area contributed by atoms with Crippen molar-refractivity contribution in [3.63, 3.8) is 0 Å². The zero-order valence-corrected chi connectivity index (χ0v) is 20.6. The number of nitrogens with zero attached hydrogens (tertiary/aromatic N) is 3. The Balaban J connectivity index is 1.49. The third-order valence-electron chi connectivity index (χ3n) is 5.18. The summed E-state index contributed by atoms with van der Waals surface area (Å²) in [7, 11) is 0. The van der Waals surface area contributed by atoms with E-state index < -0.39 is 17.7 Å². The fourth-order valence-electron chi connectivity index (χ4n) is 3.58. The number of hydrogen-bond acceptors (Lipinski definition) is 8. The van der Waals surface area contributed by atoms with Crippen molar-refractivity contribution in [3.05, 3.63) is 98.7 Å². The highest BCUT2D eigenvalue weighted by Crippen LogP contribution is 2.45. The first kappa shape index (κ1) is 22.8. The average molecular weight is 526 g/mol. The lowest BCUT2D eigenvalue weighted by molar-refractivity contribution is -0.132. The van der Waals surface area contributed by atoms with Crippen LogP contribution in [0.2, 0.25) is 5.02 Å². The summed E-state index contributed by atoms with van der Waals surface area (Å²) in [5, 5.41) is 22.3. The minimum atomic E-state index is -0.776. The highest BCUT2D eigenvalue weighted by atomic mass is 35.5. The average Bonchev–Trinajstić information content (AvgIpc) is 3.60. The van der Waals surface area contributed by atoms with Crippen LogP contribution in [-0.2, 0) is 15.3 Å². The number of carbonyl (C=O) groups excluding carboxylic acids is 2. The standard InChI is InChI=1S/C24H16ClN3O3S3/c25-16-10-8-14(9-11-16)13-33-24-27-26-23(34-24)28-19(17-7-4-12-32-17)18(21(30)22(28)31)20(29)15-5-2-1-3-6-15/h1-12,19,29H,13H2/b20-18-. The van der Waals surface area contributed by atoms with Crippen molar-refractivity contribution in [1.82, 2.24) is 10.2 Å². The van der Waals surface area contributed by atoms with Gasteiger partial charge < -0.3 is 5.11 Å². The molecule has 4 aromatic rings. The summed E-state index contributed by atoms with van der Waals surface area (Å²) in [6.45, 7) is 0. The molecule has 0 radical (unpaired) electrons. The fraction of sp³-hybridized carbons (Fsp3) is 0.0833. The van der Waals surface area contributed by atoms with Gasteiger partial charge in [0.25, 0.3) is 5.78 Å². The second kappa shape index (κ2) is 9.71. The monoisotopic (exact) mass is 525 g/mol. The quantitative estimate of drug-likeness (QED) is 0.106. The molecule has 1 N–H and O–H groups in total. The lowest BCUT2D eigenvalue weighted by atomic mass is 10.00. The Bertz CT molecular complexity index is 1370. The summed E-state index contributed by atoms with van der Waals surface area (Å²) >= 11 is 10.1. The van der Waals surface area contributed by atoms with E-state index in [1.165, 1.54) is 39.3 Å². The summed E-state index contributed by atoms with van der Waals surface area (Å²) < 4.78 is 0.667. The smallest absolute Gasteiger partial charge is 0.301 e. The van der Waals surface area contributed by atoms with E-state index in [1.54, 1.807) is 24.3 Å². The Labute approximate surface area is 212 Å². The Hall–Kier alpha value is -2.98. The molecule has 2 aromatic carbocycles. The van der Waals surface area contributed by atoms with E-state index >= 15 is 0 Å². The minimum Gasteiger partial charge on any atom is -0.507 e. The van der Waals surface area contributed by atoms with Gasteiger partial charge in [-0.05, 0) is 29.1 Å². The number of aromatic nitrogens is 2. The number of aliphatic hydroxyl groups is 1. The number of anilines is 1. The maximum atomic E-state index is 13.1. The maximum Gasteiger partial charge on any atom is 0.301 e. The van der Waals surface area contributed by atoms with Crippen molar-refractivity contribution in [2.45, 2.75) is 16.1 Å². The molecule has 10 heteroatoms. The molecular weight excluding hydrogens is 510 g/mol. The molecule has 0 bridgehead atoms. The number of aliphatic hydroxyl groups excluding tert-OH is 1. The number of thioether (sulfide) groups is 1. The van der Waals surface area contributed by atoms with Crippen LogP contribution in [0.15, 0.2) is 82.0 Å². The minimum absolute atomic E-state index is 0.0456. The molecule has 3 heterocycles. The van der Waals surface area contributed by atoms with Crippen LogP contribution in [0, 0.1) is 0 Å². The molecule has 170 valence electrons. The van der Waals surface area contributed by atoms with E-state index in [1.807, 2.05) is 47.8 Å². The zero-order valence-electron chi connectivity index (χ0n) is 17.4. The topological polar surface area (TPSA) is 83.4 Å². The van der Waals surface area contributed by atoms with E-state index in [-0.39, 0.29) is 11.3 Å². The Morgan fingerprint density at radius 2 is 1.79 bits per heavy atom. The lowest BCUT2D eigenvalue weighted by Gasteiger charge is -2.20. The van der Waals surface area contributed by atoms with Crippen LogP contribution in [0.4, 0.5) is 5.13 Å². The highest BCUT2D eigenvalue weighted by molar-refractivity contribution is 8.00. The van der Waals surface area contributed by atoms with Gasteiger partial charge in [0.15, 0.2) is 4.34 Å². The Morgan fingerprint density at radius 1 is 1.03 bits per heavy atom. The van der Waals surface area contributed by atoms with E-state index in [2.05, 4.69) is 10.2 Å². The molecule has 1 aliphatic heterocycles.